The molecule has 0 spiro atoms. The van der Waals surface area contributed by atoms with Crippen LogP contribution >= 0.6 is 0 Å². The summed E-state index contributed by atoms with van der Waals surface area (Å²) in [6.07, 6.45) is 8.29. The fourth-order valence-electron chi connectivity index (χ4n) is 1.48. The van der Waals surface area contributed by atoms with E-state index in [0.717, 1.165) is 6.54 Å². The average molecular weight is 209 g/mol. The Kier molecular flexibility index (Phi) is 8.40. The molecule has 0 aliphatic carbocycles. The van der Waals surface area contributed by atoms with Gasteiger partial charge in [-0.15, -0.1) is 0 Å². The first-order valence-electron chi connectivity index (χ1n) is 6.03. The van der Waals surface area contributed by atoms with Crippen molar-refractivity contribution in [1.82, 2.24) is 4.90 Å². The predicted molar refractivity (Wildman–Crippen MR) is 70.2 cm³/mol. The second-order valence-corrected chi connectivity index (χ2v) is 4.63. The molecule has 0 aromatic heterocycles. The van der Waals surface area contributed by atoms with Crippen molar-refractivity contribution >= 4 is 0 Å². The standard InChI is InChI=1S/C14H27N/c1-6-11-15(5)12-10-14(4)9-7-8-13(2)3/h8,10H,6-7,9,11-12H2,1-5H3/b14-10+. The Morgan fingerprint density at radius 2 is 1.80 bits per heavy atom. The van der Waals surface area contributed by atoms with Gasteiger partial charge in [-0.3, -0.25) is 0 Å². The summed E-state index contributed by atoms with van der Waals surface area (Å²) < 4.78 is 0. The van der Waals surface area contributed by atoms with Gasteiger partial charge in [-0.1, -0.05) is 30.2 Å². The lowest BCUT2D eigenvalue weighted by atomic mass is 10.1. The summed E-state index contributed by atoms with van der Waals surface area (Å²) in [6.45, 7) is 11.1. The third-order valence-electron chi connectivity index (χ3n) is 2.45. The smallest absolute Gasteiger partial charge is 0.0162 e. The van der Waals surface area contributed by atoms with Crippen molar-refractivity contribution in [2.45, 2.75) is 47.0 Å². The zero-order chi connectivity index (χ0) is 11.7. The van der Waals surface area contributed by atoms with Crippen molar-refractivity contribution in [3.8, 4) is 0 Å². The molecule has 1 heteroatoms. The van der Waals surface area contributed by atoms with E-state index in [0.29, 0.717) is 0 Å². The molecule has 0 saturated heterocycles. The van der Waals surface area contributed by atoms with Gasteiger partial charge in [0, 0.05) is 6.54 Å². The van der Waals surface area contributed by atoms with Crippen LogP contribution in [0.3, 0.4) is 0 Å². The Hall–Kier alpha value is -0.560. The lowest BCUT2D eigenvalue weighted by Gasteiger charge is -2.13. The molecule has 0 atom stereocenters. The van der Waals surface area contributed by atoms with Crippen molar-refractivity contribution in [3.05, 3.63) is 23.3 Å². The fourth-order valence-corrected chi connectivity index (χ4v) is 1.48. The molecule has 0 saturated carbocycles. The van der Waals surface area contributed by atoms with Crippen LogP contribution in [0.25, 0.3) is 0 Å². The van der Waals surface area contributed by atoms with Gasteiger partial charge in [0.15, 0.2) is 0 Å². The number of hydrogen-bond donors (Lipinski definition) is 0. The quantitative estimate of drug-likeness (QED) is 0.572. The van der Waals surface area contributed by atoms with Crippen molar-refractivity contribution in [3.63, 3.8) is 0 Å². The molecule has 0 amide bonds. The van der Waals surface area contributed by atoms with Gasteiger partial charge in [0.05, 0.1) is 0 Å². The van der Waals surface area contributed by atoms with Crippen LogP contribution in [0.1, 0.15) is 47.0 Å². The minimum absolute atomic E-state index is 1.09. The Morgan fingerprint density at radius 1 is 1.13 bits per heavy atom. The minimum atomic E-state index is 1.09. The van der Waals surface area contributed by atoms with Crippen molar-refractivity contribution in [1.29, 1.82) is 0 Å². The van der Waals surface area contributed by atoms with Crippen molar-refractivity contribution < 1.29 is 0 Å². The van der Waals surface area contributed by atoms with Gasteiger partial charge in [-0.25, -0.2) is 0 Å². The highest BCUT2D eigenvalue weighted by molar-refractivity contribution is 5.02. The van der Waals surface area contributed by atoms with Crippen LogP contribution < -0.4 is 0 Å². The third-order valence-corrected chi connectivity index (χ3v) is 2.45. The highest BCUT2D eigenvalue weighted by Gasteiger charge is 1.94. The van der Waals surface area contributed by atoms with Crippen LogP contribution in [0.15, 0.2) is 23.3 Å². The molecule has 0 unspecified atom stereocenters. The molecule has 0 radical (unpaired) electrons. The van der Waals surface area contributed by atoms with Crippen molar-refractivity contribution in [2.24, 2.45) is 0 Å². The maximum atomic E-state index is 2.37. The summed E-state index contributed by atoms with van der Waals surface area (Å²) in [6, 6.07) is 0. The number of nitrogens with zero attached hydrogens (tertiary/aromatic N) is 1. The molecule has 0 aliphatic rings. The zero-order valence-electron chi connectivity index (χ0n) is 11.1. The van der Waals surface area contributed by atoms with E-state index in [2.05, 4.69) is 51.8 Å². The Balaban J connectivity index is 3.74. The number of rotatable bonds is 7. The molecule has 0 bridgehead atoms. The van der Waals surface area contributed by atoms with Crippen LogP contribution in [0, 0.1) is 0 Å². The largest absolute Gasteiger partial charge is 0.303 e. The second kappa shape index (κ2) is 8.72. The normalized spacial score (nSPS) is 12.0. The fraction of sp³-hybridized carbons (Fsp3) is 0.714. The lowest BCUT2D eigenvalue weighted by molar-refractivity contribution is 0.370. The van der Waals surface area contributed by atoms with E-state index in [9.17, 15) is 0 Å². The molecule has 15 heavy (non-hydrogen) atoms. The molecule has 1 nitrogen and oxygen atoms in total. The maximum absolute atomic E-state index is 2.37. The summed E-state index contributed by atoms with van der Waals surface area (Å²) in [7, 11) is 2.18. The second-order valence-electron chi connectivity index (χ2n) is 4.63. The van der Waals surface area contributed by atoms with E-state index in [1.54, 1.807) is 0 Å². The molecular formula is C14H27N. The molecule has 88 valence electrons. The first kappa shape index (κ1) is 14.4. The Morgan fingerprint density at radius 3 is 2.33 bits per heavy atom. The third kappa shape index (κ3) is 9.74. The maximum Gasteiger partial charge on any atom is 0.0162 e. The number of allylic oxidation sites excluding steroid dienone is 3. The van der Waals surface area contributed by atoms with E-state index in [1.165, 1.54) is 37.0 Å². The molecule has 0 heterocycles. The molecule has 0 rings (SSSR count). The number of likely N-dealkylation sites (N-methyl/N-ethyl adjacent to an activating group) is 1. The van der Waals surface area contributed by atoms with Gasteiger partial charge >= 0.3 is 0 Å². The topological polar surface area (TPSA) is 3.24 Å². The van der Waals surface area contributed by atoms with E-state index in [4.69, 9.17) is 0 Å². The van der Waals surface area contributed by atoms with E-state index in [-0.39, 0.29) is 0 Å². The Bertz CT molecular complexity index is 209. The van der Waals surface area contributed by atoms with Crippen LogP contribution in [0.2, 0.25) is 0 Å². The minimum Gasteiger partial charge on any atom is -0.303 e. The van der Waals surface area contributed by atoms with Gasteiger partial charge in [-0.2, -0.15) is 0 Å². The molecule has 0 N–H and O–H groups in total. The van der Waals surface area contributed by atoms with Crippen molar-refractivity contribution in [2.75, 3.05) is 20.1 Å². The van der Waals surface area contributed by atoms with Gasteiger partial charge in [0.2, 0.25) is 0 Å². The molecular weight excluding hydrogens is 182 g/mol. The van der Waals surface area contributed by atoms with E-state index < -0.39 is 0 Å². The first-order valence-corrected chi connectivity index (χ1v) is 6.03. The summed E-state index contributed by atoms with van der Waals surface area (Å²) >= 11 is 0. The van der Waals surface area contributed by atoms with Gasteiger partial charge in [-0.05, 0) is 53.6 Å². The predicted octanol–water partition coefficient (Wildman–Crippen LogP) is 4.02. The van der Waals surface area contributed by atoms with E-state index in [1.807, 2.05) is 0 Å². The van der Waals surface area contributed by atoms with Gasteiger partial charge in [0.25, 0.3) is 0 Å². The number of hydrogen-bond acceptors (Lipinski definition) is 1. The molecule has 0 aromatic rings. The molecule has 0 aromatic carbocycles. The summed E-state index contributed by atoms with van der Waals surface area (Å²) in [5, 5.41) is 0. The van der Waals surface area contributed by atoms with Crippen LogP contribution in [-0.2, 0) is 0 Å². The summed E-state index contributed by atoms with van der Waals surface area (Å²) in [5.41, 5.74) is 2.93. The highest BCUT2D eigenvalue weighted by atomic mass is 15.1. The monoisotopic (exact) mass is 209 g/mol. The van der Waals surface area contributed by atoms with Crippen LogP contribution in [0.5, 0.6) is 0 Å². The SMILES string of the molecule is CCCN(C)C/C=C(\C)CCC=C(C)C. The molecule has 0 fully saturated rings. The van der Waals surface area contributed by atoms with Crippen LogP contribution in [-0.4, -0.2) is 25.0 Å². The van der Waals surface area contributed by atoms with E-state index >= 15 is 0 Å². The average Bonchev–Trinajstić information content (AvgIpc) is 2.14. The molecule has 0 aliphatic heterocycles. The highest BCUT2D eigenvalue weighted by Crippen LogP contribution is 2.06. The Labute approximate surface area is 95.9 Å². The van der Waals surface area contributed by atoms with Crippen LogP contribution in [0.4, 0.5) is 0 Å². The van der Waals surface area contributed by atoms with Gasteiger partial charge < -0.3 is 4.90 Å². The zero-order valence-corrected chi connectivity index (χ0v) is 11.1. The summed E-state index contributed by atoms with van der Waals surface area (Å²) in [5.74, 6) is 0. The first-order chi connectivity index (χ1) is 7.06. The lowest BCUT2D eigenvalue weighted by Crippen LogP contribution is -2.19. The summed E-state index contributed by atoms with van der Waals surface area (Å²) in [4.78, 5) is 2.37. The van der Waals surface area contributed by atoms with Gasteiger partial charge in [0.1, 0.15) is 0 Å².